The molecule has 0 atom stereocenters. The van der Waals surface area contributed by atoms with Gasteiger partial charge in [0.1, 0.15) is 10.4 Å². The summed E-state index contributed by atoms with van der Waals surface area (Å²) in [5, 5.41) is 0.907. The molecule has 3 nitrogen and oxygen atoms in total. The normalized spacial score (nSPS) is 17.1. The number of carbonyl (C=O) groups excluding carboxylic acids is 1. The van der Waals surface area contributed by atoms with E-state index in [1.807, 2.05) is 6.92 Å². The minimum atomic E-state index is -0.438. The van der Waals surface area contributed by atoms with Crippen LogP contribution in [0.2, 0.25) is 0 Å². The highest BCUT2D eigenvalue weighted by molar-refractivity contribution is 7.18. The Bertz CT molecular complexity index is 598. The van der Waals surface area contributed by atoms with E-state index >= 15 is 0 Å². The van der Waals surface area contributed by atoms with Gasteiger partial charge in [0.25, 0.3) is 0 Å². The number of aromatic nitrogens is 1. The Balaban J connectivity index is 2.10. The number of nitrogens with zero attached hydrogens (tertiary/aromatic N) is 1. The van der Waals surface area contributed by atoms with Crippen LogP contribution in [0.4, 0.5) is 0 Å². The maximum absolute atomic E-state index is 11.8. The Morgan fingerprint density at radius 2 is 2.24 bits per heavy atom. The van der Waals surface area contributed by atoms with Gasteiger partial charge >= 0.3 is 5.97 Å². The molecule has 4 heteroatoms. The molecule has 1 aliphatic carbocycles. The molecule has 1 saturated carbocycles. The van der Waals surface area contributed by atoms with Crippen LogP contribution < -0.4 is 0 Å². The summed E-state index contributed by atoms with van der Waals surface area (Å²) < 4.78 is 6.02. The molecule has 0 amide bonds. The van der Waals surface area contributed by atoms with Crippen LogP contribution >= 0.6 is 11.3 Å². The first-order chi connectivity index (χ1) is 8.15. The van der Waals surface area contributed by atoms with Crippen LogP contribution in [0.3, 0.4) is 0 Å². The van der Waals surface area contributed by atoms with Crippen molar-refractivity contribution in [2.75, 3.05) is 7.11 Å². The van der Waals surface area contributed by atoms with Crippen LogP contribution in [-0.2, 0) is 14.9 Å². The van der Waals surface area contributed by atoms with Gasteiger partial charge in [0, 0.05) is 0 Å². The second-order valence-electron chi connectivity index (χ2n) is 4.56. The zero-order chi connectivity index (χ0) is 12.0. The van der Waals surface area contributed by atoms with E-state index < -0.39 is 5.41 Å². The molecular weight excluding hydrogens is 234 g/mol. The quantitative estimate of drug-likeness (QED) is 0.766. The average molecular weight is 247 g/mol. The highest BCUT2D eigenvalue weighted by atomic mass is 32.1. The molecule has 1 aromatic heterocycles. The van der Waals surface area contributed by atoms with E-state index in [0.717, 1.165) is 28.1 Å². The van der Waals surface area contributed by atoms with Crippen molar-refractivity contribution in [3.05, 3.63) is 28.8 Å². The molecule has 0 radical (unpaired) electrons. The topological polar surface area (TPSA) is 39.2 Å². The molecule has 88 valence electrons. The zero-order valence-electron chi connectivity index (χ0n) is 9.82. The largest absolute Gasteiger partial charge is 0.468 e. The lowest BCUT2D eigenvalue weighted by molar-refractivity contribution is -0.143. The maximum atomic E-state index is 11.8. The maximum Gasteiger partial charge on any atom is 0.318 e. The third-order valence-electron chi connectivity index (χ3n) is 3.28. The van der Waals surface area contributed by atoms with Crippen molar-refractivity contribution in [1.29, 1.82) is 0 Å². The summed E-state index contributed by atoms with van der Waals surface area (Å²) in [6.07, 6.45) is 1.72. The van der Waals surface area contributed by atoms with Crippen molar-refractivity contribution >= 4 is 27.5 Å². The van der Waals surface area contributed by atoms with E-state index in [1.54, 1.807) is 11.3 Å². The molecule has 2 aromatic rings. The molecule has 17 heavy (non-hydrogen) atoms. The SMILES string of the molecule is COC(=O)C1(c2nc3cc(C)ccc3s2)CC1. The molecule has 3 rings (SSSR count). The molecule has 1 fully saturated rings. The fourth-order valence-corrected chi connectivity index (χ4v) is 3.25. The van der Waals surface area contributed by atoms with Crippen molar-refractivity contribution in [2.45, 2.75) is 25.2 Å². The Kier molecular flexibility index (Phi) is 2.23. The lowest BCUT2D eigenvalue weighted by atomic mass is 10.1. The number of methoxy groups -OCH3 is 1. The van der Waals surface area contributed by atoms with E-state index in [4.69, 9.17) is 4.74 Å². The first-order valence-electron chi connectivity index (χ1n) is 5.62. The molecule has 0 unspecified atom stereocenters. The highest BCUT2D eigenvalue weighted by Gasteiger charge is 2.55. The fourth-order valence-electron chi connectivity index (χ4n) is 2.07. The van der Waals surface area contributed by atoms with Crippen molar-refractivity contribution in [3.8, 4) is 0 Å². The first-order valence-corrected chi connectivity index (χ1v) is 6.43. The van der Waals surface area contributed by atoms with Crippen molar-refractivity contribution in [2.24, 2.45) is 0 Å². The smallest absolute Gasteiger partial charge is 0.318 e. The molecule has 0 N–H and O–H groups in total. The number of benzene rings is 1. The average Bonchev–Trinajstić information content (AvgIpc) is 3.03. The number of ether oxygens (including phenoxy) is 1. The van der Waals surface area contributed by atoms with Gasteiger partial charge in [0.05, 0.1) is 17.3 Å². The Labute approximate surface area is 103 Å². The Morgan fingerprint density at radius 3 is 2.88 bits per heavy atom. The molecule has 0 bridgehead atoms. The molecule has 1 heterocycles. The second-order valence-corrected chi connectivity index (χ2v) is 5.59. The number of hydrogen-bond donors (Lipinski definition) is 0. The summed E-state index contributed by atoms with van der Waals surface area (Å²) in [5.74, 6) is -0.145. The molecule has 0 spiro atoms. The zero-order valence-corrected chi connectivity index (χ0v) is 10.6. The minimum Gasteiger partial charge on any atom is -0.468 e. The van der Waals surface area contributed by atoms with Gasteiger partial charge in [0.2, 0.25) is 0 Å². The number of aryl methyl sites for hydroxylation is 1. The Hall–Kier alpha value is -1.42. The number of fused-ring (bicyclic) bond motifs is 1. The van der Waals surface area contributed by atoms with Gasteiger partial charge in [0.15, 0.2) is 0 Å². The molecule has 0 aliphatic heterocycles. The standard InChI is InChI=1S/C13H13NO2S/c1-8-3-4-10-9(7-8)14-11(17-10)13(5-6-13)12(15)16-2/h3-4,7H,5-6H2,1-2H3. The lowest BCUT2D eigenvalue weighted by Gasteiger charge is -2.07. The molecule has 0 saturated heterocycles. The Morgan fingerprint density at radius 1 is 1.47 bits per heavy atom. The summed E-state index contributed by atoms with van der Waals surface area (Å²) in [6.45, 7) is 2.05. The third-order valence-corrected chi connectivity index (χ3v) is 4.52. The van der Waals surface area contributed by atoms with Crippen molar-refractivity contribution in [3.63, 3.8) is 0 Å². The summed E-state index contributed by atoms with van der Waals surface area (Å²) in [4.78, 5) is 16.4. The van der Waals surface area contributed by atoms with Gasteiger partial charge in [-0.2, -0.15) is 0 Å². The lowest BCUT2D eigenvalue weighted by Crippen LogP contribution is -2.21. The van der Waals surface area contributed by atoms with Gasteiger partial charge < -0.3 is 4.74 Å². The highest BCUT2D eigenvalue weighted by Crippen LogP contribution is 2.51. The van der Waals surface area contributed by atoms with Crippen LogP contribution in [0.25, 0.3) is 10.2 Å². The van der Waals surface area contributed by atoms with Gasteiger partial charge in [-0.1, -0.05) is 6.07 Å². The number of rotatable bonds is 2. The molecule has 1 aromatic carbocycles. The van der Waals surface area contributed by atoms with E-state index in [0.29, 0.717) is 0 Å². The number of hydrogen-bond acceptors (Lipinski definition) is 4. The number of carbonyl (C=O) groups is 1. The van der Waals surface area contributed by atoms with Gasteiger partial charge in [-0.25, -0.2) is 4.98 Å². The van der Waals surface area contributed by atoms with Gasteiger partial charge in [-0.05, 0) is 37.5 Å². The molecule has 1 aliphatic rings. The first kappa shape index (κ1) is 10.7. The third kappa shape index (κ3) is 1.55. The number of esters is 1. The fraction of sp³-hybridized carbons (Fsp3) is 0.385. The van der Waals surface area contributed by atoms with Crippen LogP contribution in [0.15, 0.2) is 18.2 Å². The van der Waals surface area contributed by atoms with E-state index in [-0.39, 0.29) is 5.97 Å². The van der Waals surface area contributed by atoms with Gasteiger partial charge in [-0.15, -0.1) is 11.3 Å². The van der Waals surface area contributed by atoms with Crippen LogP contribution in [0, 0.1) is 6.92 Å². The van der Waals surface area contributed by atoms with Crippen LogP contribution in [-0.4, -0.2) is 18.1 Å². The summed E-state index contributed by atoms with van der Waals surface area (Å²) in [6, 6.07) is 6.20. The predicted octanol–water partition coefficient (Wildman–Crippen LogP) is 2.81. The predicted molar refractivity (Wildman–Crippen MR) is 67.3 cm³/mol. The monoisotopic (exact) mass is 247 g/mol. The van der Waals surface area contributed by atoms with Crippen LogP contribution in [0.5, 0.6) is 0 Å². The van der Waals surface area contributed by atoms with Crippen molar-refractivity contribution in [1.82, 2.24) is 4.98 Å². The summed E-state index contributed by atoms with van der Waals surface area (Å²) >= 11 is 1.61. The molecular formula is C13H13NO2S. The van der Waals surface area contributed by atoms with Crippen LogP contribution in [0.1, 0.15) is 23.4 Å². The minimum absolute atomic E-state index is 0.145. The summed E-state index contributed by atoms with van der Waals surface area (Å²) in [7, 11) is 1.44. The summed E-state index contributed by atoms with van der Waals surface area (Å²) in [5.41, 5.74) is 1.74. The second kappa shape index (κ2) is 3.53. The van der Waals surface area contributed by atoms with Crippen molar-refractivity contribution < 1.29 is 9.53 Å². The van der Waals surface area contributed by atoms with Gasteiger partial charge in [-0.3, -0.25) is 4.79 Å². The van der Waals surface area contributed by atoms with E-state index in [9.17, 15) is 4.79 Å². The van der Waals surface area contributed by atoms with E-state index in [2.05, 4.69) is 23.2 Å². The van der Waals surface area contributed by atoms with E-state index in [1.165, 1.54) is 12.7 Å². The number of thiazole rings is 1.